The number of nitrogens with zero attached hydrogens (tertiary/aromatic N) is 2. The Balaban J connectivity index is 3.09. The summed E-state index contributed by atoms with van der Waals surface area (Å²) in [6.07, 6.45) is 2.35. The molecule has 0 atom stereocenters. The monoisotopic (exact) mass is 242 g/mol. The van der Waals surface area contributed by atoms with Crippen LogP contribution in [0.5, 0.6) is 5.88 Å². The molecule has 4 heteroatoms. The second-order valence-electron chi connectivity index (χ2n) is 4.75. The second kappa shape index (κ2) is 5.00. The molecule has 1 heterocycles. The van der Waals surface area contributed by atoms with Crippen molar-refractivity contribution in [1.82, 2.24) is 9.97 Å². The van der Waals surface area contributed by atoms with E-state index in [4.69, 9.17) is 16.3 Å². The first kappa shape index (κ1) is 13.2. The molecule has 1 rings (SSSR count). The molecule has 90 valence electrons. The van der Waals surface area contributed by atoms with Crippen molar-refractivity contribution in [3.8, 4) is 5.88 Å². The van der Waals surface area contributed by atoms with Crippen LogP contribution in [-0.4, -0.2) is 15.6 Å². The average molecular weight is 243 g/mol. The fraction of sp³-hybridized carbons (Fsp3) is 0.667. The maximum absolute atomic E-state index is 6.07. The summed E-state index contributed by atoms with van der Waals surface area (Å²) in [4.78, 5) is 8.17. The number of hydrogen-bond donors (Lipinski definition) is 0. The Labute approximate surface area is 102 Å². The van der Waals surface area contributed by atoms with Crippen molar-refractivity contribution >= 4 is 11.6 Å². The summed E-state index contributed by atoms with van der Waals surface area (Å²) in [5.74, 6) is 0.846. The second-order valence-corrected chi connectivity index (χ2v) is 5.11. The zero-order valence-electron chi connectivity index (χ0n) is 10.5. The van der Waals surface area contributed by atoms with Crippen LogP contribution in [0, 0.1) is 0 Å². The van der Waals surface area contributed by atoms with Crippen LogP contribution in [0.1, 0.15) is 52.5 Å². The van der Waals surface area contributed by atoms with Gasteiger partial charge in [-0.05, 0) is 26.2 Å². The van der Waals surface area contributed by atoms with Crippen molar-refractivity contribution in [2.75, 3.05) is 0 Å². The van der Waals surface area contributed by atoms with E-state index in [1.54, 1.807) is 0 Å². The first-order valence-electron chi connectivity index (χ1n) is 5.56. The topological polar surface area (TPSA) is 35.0 Å². The molecule has 0 amide bonds. The van der Waals surface area contributed by atoms with E-state index in [1.807, 2.05) is 13.8 Å². The molecule has 1 aromatic rings. The van der Waals surface area contributed by atoms with Gasteiger partial charge in [-0.3, -0.25) is 0 Å². The minimum absolute atomic E-state index is 0.235. The van der Waals surface area contributed by atoms with Gasteiger partial charge in [-0.25, -0.2) is 9.97 Å². The smallest absolute Gasteiger partial charge is 0.221 e. The quantitative estimate of drug-likeness (QED) is 0.753. The van der Waals surface area contributed by atoms with Gasteiger partial charge in [-0.15, -0.1) is 0 Å². The fourth-order valence-corrected chi connectivity index (χ4v) is 1.60. The number of hydrogen-bond acceptors (Lipinski definition) is 3. The summed E-state index contributed by atoms with van der Waals surface area (Å²) >= 11 is 6.07. The van der Waals surface area contributed by atoms with Gasteiger partial charge in [-0.1, -0.05) is 32.4 Å². The molecule has 0 aliphatic rings. The van der Waals surface area contributed by atoms with Crippen molar-refractivity contribution in [1.29, 1.82) is 0 Å². The van der Waals surface area contributed by atoms with Gasteiger partial charge in [0.05, 0.1) is 5.56 Å². The van der Waals surface area contributed by atoms with Gasteiger partial charge in [-0.2, -0.15) is 0 Å². The van der Waals surface area contributed by atoms with E-state index in [2.05, 4.69) is 30.7 Å². The summed E-state index contributed by atoms with van der Waals surface area (Å²) < 4.78 is 5.89. The van der Waals surface area contributed by atoms with E-state index < -0.39 is 0 Å². The molecule has 0 unspecified atom stereocenters. The van der Waals surface area contributed by atoms with E-state index >= 15 is 0 Å². The molecule has 16 heavy (non-hydrogen) atoms. The zero-order chi connectivity index (χ0) is 12.3. The first-order valence-corrected chi connectivity index (χ1v) is 5.94. The van der Waals surface area contributed by atoms with Crippen LogP contribution in [0.25, 0.3) is 0 Å². The van der Waals surface area contributed by atoms with Crippen LogP contribution in [0.2, 0.25) is 5.15 Å². The Morgan fingerprint density at radius 3 is 2.50 bits per heavy atom. The van der Waals surface area contributed by atoms with E-state index in [0.29, 0.717) is 11.0 Å². The number of rotatable bonds is 4. The van der Waals surface area contributed by atoms with Crippen LogP contribution in [0.4, 0.5) is 0 Å². The Bertz CT molecular complexity index is 364. The van der Waals surface area contributed by atoms with Gasteiger partial charge in [0.1, 0.15) is 17.1 Å². The molecular formula is C12H19ClN2O. The molecule has 0 fully saturated rings. The molecule has 0 saturated heterocycles. The summed E-state index contributed by atoms with van der Waals surface area (Å²) in [5, 5.41) is 0.479. The summed E-state index contributed by atoms with van der Waals surface area (Å²) in [6.45, 7) is 10.3. The molecule has 0 aliphatic heterocycles. The van der Waals surface area contributed by atoms with Crippen molar-refractivity contribution in [3.63, 3.8) is 0 Å². The van der Waals surface area contributed by atoms with Gasteiger partial charge in [0.2, 0.25) is 5.88 Å². The molecule has 3 nitrogen and oxygen atoms in total. The third kappa shape index (κ3) is 3.08. The molecule has 0 spiro atoms. The lowest BCUT2D eigenvalue weighted by atomic mass is 10.0. The lowest BCUT2D eigenvalue weighted by molar-refractivity contribution is 0.0970. The van der Waals surface area contributed by atoms with E-state index in [-0.39, 0.29) is 11.5 Å². The third-order valence-electron chi connectivity index (χ3n) is 2.60. The Morgan fingerprint density at radius 2 is 2.00 bits per heavy atom. The summed E-state index contributed by atoms with van der Waals surface area (Å²) in [5.41, 5.74) is 0.645. The maximum atomic E-state index is 6.07. The largest absolute Gasteiger partial charge is 0.471 e. The molecular weight excluding hydrogens is 224 g/mol. The van der Waals surface area contributed by atoms with Crippen molar-refractivity contribution < 1.29 is 4.74 Å². The van der Waals surface area contributed by atoms with Crippen LogP contribution in [0.3, 0.4) is 0 Å². The molecule has 0 bridgehead atoms. The van der Waals surface area contributed by atoms with Crippen LogP contribution >= 0.6 is 11.6 Å². The molecule has 0 aliphatic carbocycles. The highest BCUT2D eigenvalue weighted by Gasteiger charge is 2.22. The van der Waals surface area contributed by atoms with E-state index in [0.717, 1.165) is 12.0 Å². The Morgan fingerprint density at radius 1 is 1.38 bits per heavy atom. The highest BCUT2D eigenvalue weighted by molar-refractivity contribution is 6.30. The summed E-state index contributed by atoms with van der Waals surface area (Å²) in [7, 11) is 0. The minimum Gasteiger partial charge on any atom is -0.471 e. The predicted molar refractivity (Wildman–Crippen MR) is 66.1 cm³/mol. The molecule has 0 saturated carbocycles. The first-order chi connectivity index (χ1) is 7.37. The third-order valence-corrected chi connectivity index (χ3v) is 2.90. The van der Waals surface area contributed by atoms with Gasteiger partial charge < -0.3 is 4.74 Å². The molecule has 1 aromatic heterocycles. The standard InChI is InChI=1S/C12H19ClN2O/c1-6-12(4,5)16-11-9(8(2)3)10(13)14-7-15-11/h7-8H,6H2,1-5H3. The van der Waals surface area contributed by atoms with E-state index in [9.17, 15) is 0 Å². The van der Waals surface area contributed by atoms with Gasteiger partial charge in [0.25, 0.3) is 0 Å². The van der Waals surface area contributed by atoms with Crippen molar-refractivity contribution in [2.45, 2.75) is 52.6 Å². The minimum atomic E-state index is -0.235. The van der Waals surface area contributed by atoms with Crippen molar-refractivity contribution in [3.05, 3.63) is 17.0 Å². The zero-order valence-corrected chi connectivity index (χ0v) is 11.3. The van der Waals surface area contributed by atoms with Gasteiger partial charge >= 0.3 is 0 Å². The summed E-state index contributed by atoms with van der Waals surface area (Å²) in [6, 6.07) is 0. The Hall–Kier alpha value is -0.830. The SMILES string of the molecule is CCC(C)(C)Oc1ncnc(Cl)c1C(C)C. The predicted octanol–water partition coefficient (Wildman–Crippen LogP) is 3.82. The van der Waals surface area contributed by atoms with Crippen LogP contribution in [-0.2, 0) is 0 Å². The van der Waals surface area contributed by atoms with Crippen molar-refractivity contribution in [2.24, 2.45) is 0 Å². The maximum Gasteiger partial charge on any atom is 0.221 e. The highest BCUT2D eigenvalue weighted by atomic mass is 35.5. The fourth-order valence-electron chi connectivity index (χ4n) is 1.26. The van der Waals surface area contributed by atoms with Gasteiger partial charge in [0.15, 0.2) is 0 Å². The van der Waals surface area contributed by atoms with Crippen LogP contribution < -0.4 is 4.74 Å². The Kier molecular flexibility index (Phi) is 4.14. The molecule has 0 N–H and O–H groups in total. The average Bonchev–Trinajstić information content (AvgIpc) is 2.16. The number of ether oxygens (including phenoxy) is 1. The van der Waals surface area contributed by atoms with Gasteiger partial charge in [0, 0.05) is 0 Å². The van der Waals surface area contributed by atoms with E-state index in [1.165, 1.54) is 6.33 Å². The molecule has 0 radical (unpaired) electrons. The lowest BCUT2D eigenvalue weighted by Gasteiger charge is -2.26. The number of halogens is 1. The normalized spacial score (nSPS) is 11.9. The lowest BCUT2D eigenvalue weighted by Crippen LogP contribution is -2.28. The number of aromatic nitrogens is 2. The molecule has 0 aromatic carbocycles. The van der Waals surface area contributed by atoms with Crippen LogP contribution in [0.15, 0.2) is 6.33 Å². The highest BCUT2D eigenvalue weighted by Crippen LogP contribution is 2.32.